The van der Waals surface area contributed by atoms with E-state index in [4.69, 9.17) is 23.8 Å². The van der Waals surface area contributed by atoms with Crippen molar-refractivity contribution in [3.8, 4) is 5.75 Å². The van der Waals surface area contributed by atoms with Crippen molar-refractivity contribution in [1.82, 2.24) is 10.4 Å². The highest BCUT2D eigenvalue weighted by Crippen LogP contribution is 2.31. The van der Waals surface area contributed by atoms with Gasteiger partial charge < -0.3 is 5.11 Å². The number of amides is 2. The topological polar surface area (TPSA) is 69.6 Å². The van der Waals surface area contributed by atoms with E-state index in [9.17, 15) is 14.7 Å². The van der Waals surface area contributed by atoms with Crippen LogP contribution >= 0.6 is 35.6 Å². The van der Waals surface area contributed by atoms with E-state index in [0.29, 0.717) is 9.94 Å². The number of nitrogens with one attached hydrogen (secondary N) is 1. The molecule has 3 rings (SSSR count). The molecule has 1 fully saturated rings. The van der Waals surface area contributed by atoms with E-state index < -0.39 is 11.8 Å². The normalized spacial score (nSPS) is 16.1. The minimum absolute atomic E-state index is 0.0416. The first-order valence-electron chi connectivity index (χ1n) is 7.74. The summed E-state index contributed by atoms with van der Waals surface area (Å²) >= 11 is 12.4. The van der Waals surface area contributed by atoms with E-state index in [1.807, 2.05) is 30.3 Å². The van der Waals surface area contributed by atoms with Crippen LogP contribution in [0.5, 0.6) is 5.75 Å². The fourth-order valence-electron chi connectivity index (χ4n) is 2.22. The molecule has 0 spiro atoms. The summed E-state index contributed by atoms with van der Waals surface area (Å²) < 4.78 is 0.197. The van der Waals surface area contributed by atoms with Crippen LogP contribution in [0, 0.1) is 0 Å². The number of thiocarbonyl (C=S) groups is 1. The average Bonchev–Trinajstić information content (AvgIpc) is 2.90. The number of allylic oxidation sites excluding steroid dienone is 2. The lowest BCUT2D eigenvalue weighted by atomic mass is 10.2. The molecule has 0 saturated carbocycles. The predicted octanol–water partition coefficient (Wildman–Crippen LogP) is 4.06. The van der Waals surface area contributed by atoms with Crippen molar-refractivity contribution < 1.29 is 14.7 Å². The number of nitrogens with zero attached hydrogens (tertiary/aromatic N) is 1. The Morgan fingerprint density at radius 3 is 2.48 bits per heavy atom. The first-order valence-corrected chi connectivity index (χ1v) is 9.34. The molecule has 0 aliphatic carbocycles. The van der Waals surface area contributed by atoms with E-state index in [2.05, 4.69) is 5.43 Å². The number of halogens is 1. The van der Waals surface area contributed by atoms with Crippen LogP contribution in [0.3, 0.4) is 0 Å². The molecule has 0 unspecified atom stereocenters. The molecule has 8 heteroatoms. The molecule has 0 atom stereocenters. The van der Waals surface area contributed by atoms with Crippen molar-refractivity contribution in [3.05, 3.63) is 81.7 Å². The van der Waals surface area contributed by atoms with Crippen molar-refractivity contribution in [2.45, 2.75) is 0 Å². The number of benzene rings is 2. The van der Waals surface area contributed by atoms with E-state index in [-0.39, 0.29) is 15.6 Å². The van der Waals surface area contributed by atoms with Crippen LogP contribution in [0.2, 0.25) is 0 Å². The highest BCUT2D eigenvalue weighted by molar-refractivity contribution is 8.26. The second kappa shape index (κ2) is 8.39. The molecule has 1 aliphatic rings. The Kier molecular flexibility index (Phi) is 5.95. The maximum absolute atomic E-state index is 12.5. The van der Waals surface area contributed by atoms with E-state index in [1.165, 1.54) is 30.3 Å². The van der Waals surface area contributed by atoms with Crippen LogP contribution in [0.4, 0.5) is 0 Å². The molecule has 1 aliphatic heterocycles. The Morgan fingerprint density at radius 2 is 1.81 bits per heavy atom. The number of hydrogen-bond donors (Lipinski definition) is 2. The van der Waals surface area contributed by atoms with Gasteiger partial charge in [-0.15, -0.1) is 0 Å². The maximum atomic E-state index is 12.5. The van der Waals surface area contributed by atoms with Gasteiger partial charge in [0.15, 0.2) is 4.32 Å². The Hall–Kier alpha value is -2.61. The third-order valence-electron chi connectivity index (χ3n) is 3.51. The quantitative estimate of drug-likeness (QED) is 0.581. The molecule has 2 aromatic carbocycles. The number of phenols is 1. The number of carbonyl (C=O) groups is 2. The third kappa shape index (κ3) is 4.77. The van der Waals surface area contributed by atoms with Gasteiger partial charge in [0, 0.05) is 10.6 Å². The summed E-state index contributed by atoms with van der Waals surface area (Å²) in [5.74, 6) is -0.935. The van der Waals surface area contributed by atoms with Gasteiger partial charge in [0.2, 0.25) is 0 Å². The van der Waals surface area contributed by atoms with E-state index in [0.717, 1.165) is 22.3 Å². The molecule has 5 nitrogen and oxygen atoms in total. The molecule has 2 aromatic rings. The molecule has 2 amide bonds. The van der Waals surface area contributed by atoms with Crippen LogP contribution in [0.15, 0.2) is 70.6 Å². The summed E-state index contributed by atoms with van der Waals surface area (Å²) in [4.78, 5) is 25.1. The lowest BCUT2D eigenvalue weighted by molar-refractivity contribution is -0.123. The molecular weight excluding hydrogens is 404 g/mol. The first-order chi connectivity index (χ1) is 12.9. The summed E-state index contributed by atoms with van der Waals surface area (Å²) in [6.45, 7) is 0. The van der Waals surface area contributed by atoms with Crippen molar-refractivity contribution in [2.75, 3.05) is 0 Å². The number of aromatic hydroxyl groups is 1. The van der Waals surface area contributed by atoms with Crippen LogP contribution < -0.4 is 5.43 Å². The van der Waals surface area contributed by atoms with Crippen LogP contribution in [-0.4, -0.2) is 26.3 Å². The number of carbonyl (C=O) groups excluding carboxylic acids is 2. The standard InChI is InChI=1S/C19H13ClN2O3S2/c20-14(10-12-4-2-1-3-5-12)11-16-18(25)22(19(26)27-16)21-17(24)13-6-8-15(23)9-7-13/h1-11,23H,(H,21,24)/b14-10-,16-11-. The largest absolute Gasteiger partial charge is 0.508 e. The van der Waals surface area contributed by atoms with Crippen molar-refractivity contribution >= 4 is 57.8 Å². The van der Waals surface area contributed by atoms with Gasteiger partial charge in [-0.1, -0.05) is 53.7 Å². The monoisotopic (exact) mass is 416 g/mol. The average molecular weight is 417 g/mol. The molecular formula is C19H13ClN2O3S2. The Labute approximate surface area is 170 Å². The lowest BCUT2D eigenvalue weighted by Crippen LogP contribution is -2.44. The Balaban J connectivity index is 1.73. The zero-order chi connectivity index (χ0) is 19.4. The molecule has 1 saturated heterocycles. The zero-order valence-electron chi connectivity index (χ0n) is 13.8. The lowest BCUT2D eigenvalue weighted by Gasteiger charge is -2.15. The molecule has 136 valence electrons. The number of rotatable bonds is 4. The van der Waals surface area contributed by atoms with Gasteiger partial charge in [0.05, 0.1) is 4.91 Å². The zero-order valence-corrected chi connectivity index (χ0v) is 16.1. The van der Waals surface area contributed by atoms with Crippen LogP contribution in [-0.2, 0) is 4.79 Å². The minimum Gasteiger partial charge on any atom is -0.508 e. The van der Waals surface area contributed by atoms with E-state index >= 15 is 0 Å². The predicted molar refractivity (Wildman–Crippen MR) is 111 cm³/mol. The molecule has 2 N–H and O–H groups in total. The summed E-state index contributed by atoms with van der Waals surface area (Å²) in [5, 5.41) is 10.7. The second-order valence-corrected chi connectivity index (χ2v) is 7.56. The van der Waals surface area contributed by atoms with Gasteiger partial charge in [0.1, 0.15) is 5.75 Å². The molecule has 0 bridgehead atoms. The van der Waals surface area contributed by atoms with Gasteiger partial charge in [-0.3, -0.25) is 15.0 Å². The fourth-order valence-corrected chi connectivity index (χ4v) is 3.69. The number of thioether (sulfide) groups is 1. The fraction of sp³-hybridized carbons (Fsp3) is 0. The first kappa shape index (κ1) is 19.2. The Bertz CT molecular complexity index is 957. The third-order valence-corrected chi connectivity index (χ3v) is 5.03. The van der Waals surface area contributed by atoms with Gasteiger partial charge in [0.25, 0.3) is 11.8 Å². The van der Waals surface area contributed by atoms with Crippen molar-refractivity contribution in [1.29, 1.82) is 0 Å². The molecule has 0 radical (unpaired) electrons. The van der Waals surface area contributed by atoms with Gasteiger partial charge in [-0.25, -0.2) is 0 Å². The summed E-state index contributed by atoms with van der Waals surface area (Å²) in [6.07, 6.45) is 3.24. The van der Waals surface area contributed by atoms with Crippen molar-refractivity contribution in [3.63, 3.8) is 0 Å². The van der Waals surface area contributed by atoms with E-state index in [1.54, 1.807) is 6.08 Å². The van der Waals surface area contributed by atoms with Gasteiger partial charge in [-0.05, 0) is 54.2 Å². The molecule has 0 aromatic heterocycles. The van der Waals surface area contributed by atoms with Crippen molar-refractivity contribution in [2.24, 2.45) is 0 Å². The maximum Gasteiger partial charge on any atom is 0.285 e. The molecule has 1 heterocycles. The number of hydrazine groups is 1. The Morgan fingerprint density at radius 1 is 1.15 bits per heavy atom. The highest BCUT2D eigenvalue weighted by atomic mass is 35.5. The van der Waals surface area contributed by atoms with Gasteiger partial charge in [-0.2, -0.15) is 5.01 Å². The number of phenolic OH excluding ortho intramolecular Hbond substituents is 1. The summed E-state index contributed by atoms with van der Waals surface area (Å²) in [5.41, 5.74) is 3.65. The van der Waals surface area contributed by atoms with Crippen LogP contribution in [0.25, 0.3) is 6.08 Å². The summed E-state index contributed by atoms with van der Waals surface area (Å²) in [7, 11) is 0. The second-order valence-electron chi connectivity index (χ2n) is 5.44. The smallest absolute Gasteiger partial charge is 0.285 e. The summed E-state index contributed by atoms with van der Waals surface area (Å²) in [6, 6.07) is 15.1. The highest BCUT2D eigenvalue weighted by Gasteiger charge is 2.33. The van der Waals surface area contributed by atoms with Crippen LogP contribution in [0.1, 0.15) is 15.9 Å². The minimum atomic E-state index is -0.515. The molecule has 27 heavy (non-hydrogen) atoms. The van der Waals surface area contributed by atoms with Gasteiger partial charge >= 0.3 is 0 Å². The number of hydrogen-bond acceptors (Lipinski definition) is 5. The SMILES string of the molecule is O=C(NN1C(=O)/C(=C/C(Cl)=C/c2ccccc2)SC1=S)c1ccc(O)cc1.